The van der Waals surface area contributed by atoms with Crippen molar-refractivity contribution in [2.45, 2.75) is 18.3 Å². The molecule has 2 fully saturated rings. The fourth-order valence-electron chi connectivity index (χ4n) is 2.84. The van der Waals surface area contributed by atoms with Gasteiger partial charge in [-0.15, -0.1) is 0 Å². The molecule has 4 nitrogen and oxygen atoms in total. The van der Waals surface area contributed by atoms with Crippen LogP contribution in [-0.4, -0.2) is 48.3 Å². The van der Waals surface area contributed by atoms with Crippen molar-refractivity contribution in [3.63, 3.8) is 0 Å². The third kappa shape index (κ3) is 2.11. The van der Waals surface area contributed by atoms with E-state index in [1.165, 1.54) is 0 Å². The molecule has 100 valence electrons. The molecule has 19 heavy (non-hydrogen) atoms. The molecule has 3 rings (SSSR count). The van der Waals surface area contributed by atoms with Crippen LogP contribution < -0.4 is 0 Å². The maximum Gasteiger partial charge on any atom is 0.233 e. The quantitative estimate of drug-likeness (QED) is 0.759. The van der Waals surface area contributed by atoms with Gasteiger partial charge >= 0.3 is 0 Å². The van der Waals surface area contributed by atoms with Crippen LogP contribution >= 0.6 is 0 Å². The molecule has 4 heteroatoms. The lowest BCUT2D eigenvalue weighted by Crippen LogP contribution is -2.51. The minimum Gasteiger partial charge on any atom is -0.342 e. The first kappa shape index (κ1) is 12.2. The smallest absolute Gasteiger partial charge is 0.233 e. The second kappa shape index (κ2) is 4.68. The van der Waals surface area contributed by atoms with E-state index in [1.807, 2.05) is 35.2 Å². The largest absolute Gasteiger partial charge is 0.342 e. The third-order valence-corrected chi connectivity index (χ3v) is 4.24. The second-order valence-electron chi connectivity index (χ2n) is 5.38. The van der Waals surface area contributed by atoms with Crippen molar-refractivity contribution in [3.8, 4) is 0 Å². The normalized spacial score (nSPS) is 21.1. The van der Waals surface area contributed by atoms with Gasteiger partial charge in [0.1, 0.15) is 0 Å². The molecular formula is C15H18N2O2. The first-order chi connectivity index (χ1) is 9.26. The average molecular weight is 258 g/mol. The van der Waals surface area contributed by atoms with Gasteiger partial charge in [-0.05, 0) is 18.4 Å². The van der Waals surface area contributed by atoms with Crippen LogP contribution in [0.4, 0.5) is 0 Å². The van der Waals surface area contributed by atoms with E-state index in [1.54, 1.807) is 4.90 Å². The lowest BCUT2D eigenvalue weighted by Gasteiger charge is -2.35. The zero-order valence-corrected chi connectivity index (χ0v) is 10.9. The van der Waals surface area contributed by atoms with Gasteiger partial charge in [-0.2, -0.15) is 0 Å². The number of carbonyl (C=O) groups excluding carboxylic acids is 2. The van der Waals surface area contributed by atoms with Crippen molar-refractivity contribution in [3.05, 3.63) is 35.9 Å². The lowest BCUT2D eigenvalue weighted by molar-refractivity contribution is -0.137. The zero-order chi connectivity index (χ0) is 13.3. The van der Waals surface area contributed by atoms with Crippen LogP contribution in [0.5, 0.6) is 0 Å². The Morgan fingerprint density at radius 2 is 1.68 bits per heavy atom. The van der Waals surface area contributed by atoms with E-state index in [4.69, 9.17) is 0 Å². The first-order valence-electron chi connectivity index (χ1n) is 6.80. The molecule has 1 saturated heterocycles. The molecule has 1 heterocycles. The van der Waals surface area contributed by atoms with Crippen molar-refractivity contribution in [2.75, 3.05) is 26.2 Å². The molecule has 0 N–H and O–H groups in total. The molecule has 0 bridgehead atoms. The molecule has 0 spiro atoms. The minimum absolute atomic E-state index is 0.240. The average Bonchev–Trinajstić information content (AvgIpc) is 3.29. The Morgan fingerprint density at radius 1 is 1.05 bits per heavy atom. The predicted octanol–water partition coefficient (Wildman–Crippen LogP) is 1.02. The molecule has 1 saturated carbocycles. The molecular weight excluding hydrogens is 240 g/mol. The molecule has 2 amide bonds. The van der Waals surface area contributed by atoms with E-state index < -0.39 is 0 Å². The number of hydrogen-bond donors (Lipinski definition) is 0. The zero-order valence-electron chi connectivity index (χ0n) is 10.9. The van der Waals surface area contributed by atoms with E-state index in [-0.39, 0.29) is 11.3 Å². The molecule has 1 aliphatic carbocycles. The highest BCUT2D eigenvalue weighted by atomic mass is 16.2. The summed E-state index contributed by atoms with van der Waals surface area (Å²) in [6.07, 6.45) is 2.76. The molecule has 1 aromatic rings. The van der Waals surface area contributed by atoms with Crippen LogP contribution in [0.1, 0.15) is 18.4 Å². The van der Waals surface area contributed by atoms with Gasteiger partial charge < -0.3 is 9.80 Å². The predicted molar refractivity (Wildman–Crippen MR) is 71.6 cm³/mol. The molecule has 1 aliphatic heterocycles. The summed E-state index contributed by atoms with van der Waals surface area (Å²) in [6.45, 7) is 2.62. The van der Waals surface area contributed by atoms with Crippen LogP contribution in [0.15, 0.2) is 30.3 Å². The summed E-state index contributed by atoms with van der Waals surface area (Å²) in [5.41, 5.74) is 0.864. The van der Waals surface area contributed by atoms with Gasteiger partial charge in [0.25, 0.3) is 0 Å². The number of hydrogen-bond acceptors (Lipinski definition) is 2. The standard InChI is InChI=1S/C15H18N2O2/c18-12-16-8-10-17(11-9-16)14(19)15(6-7-15)13-4-2-1-3-5-13/h1-5,12H,6-11H2. The summed E-state index contributed by atoms with van der Waals surface area (Å²) in [5.74, 6) is 0.240. The number of carbonyl (C=O) groups is 2. The highest BCUT2D eigenvalue weighted by molar-refractivity contribution is 5.91. The summed E-state index contributed by atoms with van der Waals surface area (Å²) < 4.78 is 0. The van der Waals surface area contributed by atoms with Crippen LogP contribution in [0, 0.1) is 0 Å². The van der Waals surface area contributed by atoms with Crippen LogP contribution in [0.2, 0.25) is 0 Å². The number of nitrogens with zero attached hydrogens (tertiary/aromatic N) is 2. The maximum absolute atomic E-state index is 12.7. The molecule has 0 radical (unpaired) electrons. The Hall–Kier alpha value is -1.84. The third-order valence-electron chi connectivity index (χ3n) is 4.24. The highest BCUT2D eigenvalue weighted by Crippen LogP contribution is 2.49. The Morgan fingerprint density at radius 3 is 2.21 bits per heavy atom. The van der Waals surface area contributed by atoms with Crippen LogP contribution in [0.25, 0.3) is 0 Å². The summed E-state index contributed by atoms with van der Waals surface area (Å²) in [5, 5.41) is 0. The van der Waals surface area contributed by atoms with Crippen LogP contribution in [0.3, 0.4) is 0 Å². The van der Waals surface area contributed by atoms with Gasteiger partial charge in [0.05, 0.1) is 5.41 Å². The lowest BCUT2D eigenvalue weighted by atomic mass is 9.94. The number of benzene rings is 1. The Balaban J connectivity index is 1.73. The van der Waals surface area contributed by atoms with Gasteiger partial charge in [0, 0.05) is 26.2 Å². The van der Waals surface area contributed by atoms with Crippen molar-refractivity contribution >= 4 is 12.3 Å². The van der Waals surface area contributed by atoms with Crippen molar-refractivity contribution in [1.29, 1.82) is 0 Å². The molecule has 2 aliphatic rings. The van der Waals surface area contributed by atoms with Gasteiger partial charge in [-0.25, -0.2) is 0 Å². The van der Waals surface area contributed by atoms with Gasteiger partial charge in [-0.1, -0.05) is 30.3 Å². The van der Waals surface area contributed by atoms with E-state index >= 15 is 0 Å². The molecule has 0 atom stereocenters. The van der Waals surface area contributed by atoms with Crippen molar-refractivity contribution in [1.82, 2.24) is 9.80 Å². The van der Waals surface area contributed by atoms with E-state index in [0.717, 1.165) is 24.8 Å². The van der Waals surface area contributed by atoms with Crippen LogP contribution in [-0.2, 0) is 15.0 Å². The van der Waals surface area contributed by atoms with Gasteiger partial charge in [0.15, 0.2) is 0 Å². The molecule has 1 aromatic carbocycles. The Bertz CT molecular complexity index is 474. The number of amides is 2. The number of rotatable bonds is 3. The van der Waals surface area contributed by atoms with E-state index in [9.17, 15) is 9.59 Å². The first-order valence-corrected chi connectivity index (χ1v) is 6.80. The maximum atomic E-state index is 12.7. The summed E-state index contributed by atoms with van der Waals surface area (Å²) in [7, 11) is 0. The van der Waals surface area contributed by atoms with E-state index in [2.05, 4.69) is 0 Å². The highest BCUT2D eigenvalue weighted by Gasteiger charge is 2.53. The summed E-state index contributed by atoms with van der Waals surface area (Å²) in [4.78, 5) is 27.0. The molecule has 0 aromatic heterocycles. The summed E-state index contributed by atoms with van der Waals surface area (Å²) in [6, 6.07) is 10.1. The monoisotopic (exact) mass is 258 g/mol. The van der Waals surface area contributed by atoms with Gasteiger partial charge in [0.2, 0.25) is 12.3 Å². The van der Waals surface area contributed by atoms with Crippen molar-refractivity contribution in [2.24, 2.45) is 0 Å². The van der Waals surface area contributed by atoms with E-state index in [0.29, 0.717) is 26.2 Å². The minimum atomic E-state index is -0.273. The fourth-order valence-corrected chi connectivity index (χ4v) is 2.84. The topological polar surface area (TPSA) is 40.6 Å². The second-order valence-corrected chi connectivity index (χ2v) is 5.38. The fraction of sp³-hybridized carbons (Fsp3) is 0.467. The Labute approximate surface area is 113 Å². The number of piperazine rings is 1. The Kier molecular flexibility index (Phi) is 3.01. The van der Waals surface area contributed by atoms with Gasteiger partial charge in [-0.3, -0.25) is 9.59 Å². The molecule has 0 unspecified atom stereocenters. The van der Waals surface area contributed by atoms with Crippen molar-refractivity contribution < 1.29 is 9.59 Å². The SMILES string of the molecule is O=CN1CCN(C(=O)C2(c3ccccc3)CC2)CC1. The summed E-state index contributed by atoms with van der Waals surface area (Å²) >= 11 is 0.